The highest BCUT2D eigenvalue weighted by molar-refractivity contribution is 6.33. The second kappa shape index (κ2) is 5.67. The molecule has 0 radical (unpaired) electrons. The number of pyridine rings is 1. The van der Waals surface area contributed by atoms with Crippen LogP contribution in [0, 0.1) is 0 Å². The number of carbonyl (C=O) groups excluding carboxylic acids is 2. The highest BCUT2D eigenvalue weighted by Gasteiger charge is 2.08. The highest BCUT2D eigenvalue weighted by Crippen LogP contribution is 2.14. The van der Waals surface area contributed by atoms with Gasteiger partial charge in [0.15, 0.2) is 6.73 Å². The molecule has 0 aromatic carbocycles. The molecule has 0 spiro atoms. The number of ether oxygens (including phenoxy) is 1. The average Bonchev–Trinajstić information content (AvgIpc) is 2.15. The number of nitrogens with zero attached hydrogens (tertiary/aromatic N) is 1. The molecule has 0 aliphatic heterocycles. The number of esters is 1. The van der Waals surface area contributed by atoms with Gasteiger partial charge < -0.3 is 10.1 Å². The van der Waals surface area contributed by atoms with Crippen molar-refractivity contribution in [2.24, 2.45) is 0 Å². The molecular weight excluding hydrogens is 255 g/mol. The third kappa shape index (κ3) is 4.04. The minimum absolute atomic E-state index is 0.116. The molecule has 1 N–H and O–H groups in total. The molecule has 0 saturated heterocycles. The molecule has 7 heteroatoms. The molecule has 1 heterocycles. The zero-order valence-electron chi connectivity index (χ0n) is 8.29. The predicted octanol–water partition coefficient (Wildman–Crippen LogP) is 1.64. The standard InChI is InChI=1S/C9H8Cl2N2O3/c1-5(14)16-4-12-9(15)6-2-7(10)13-8(11)3-6/h2-3H,4H2,1H3,(H,12,15). The van der Waals surface area contributed by atoms with Crippen LogP contribution in [0.3, 0.4) is 0 Å². The van der Waals surface area contributed by atoms with Crippen LogP contribution in [0.25, 0.3) is 0 Å². The van der Waals surface area contributed by atoms with Crippen molar-refractivity contribution in [3.05, 3.63) is 28.0 Å². The second-order valence-electron chi connectivity index (χ2n) is 2.79. The lowest BCUT2D eigenvalue weighted by atomic mass is 10.2. The molecule has 0 fully saturated rings. The summed E-state index contributed by atoms with van der Waals surface area (Å²) >= 11 is 11.2. The van der Waals surface area contributed by atoms with E-state index in [0.29, 0.717) is 0 Å². The Labute approximate surface area is 102 Å². The van der Waals surface area contributed by atoms with Gasteiger partial charge in [-0.25, -0.2) is 4.98 Å². The molecule has 1 aromatic rings. The maximum Gasteiger partial charge on any atom is 0.304 e. The topological polar surface area (TPSA) is 68.3 Å². The number of aromatic nitrogens is 1. The summed E-state index contributed by atoms with van der Waals surface area (Å²) in [5.41, 5.74) is 0.247. The first-order valence-electron chi connectivity index (χ1n) is 4.23. The van der Waals surface area contributed by atoms with Gasteiger partial charge in [-0.2, -0.15) is 0 Å². The van der Waals surface area contributed by atoms with Crippen molar-refractivity contribution in [3.8, 4) is 0 Å². The molecule has 0 aliphatic carbocycles. The van der Waals surface area contributed by atoms with E-state index in [0.717, 1.165) is 0 Å². The summed E-state index contributed by atoms with van der Waals surface area (Å²) in [7, 11) is 0. The number of rotatable bonds is 3. The molecule has 0 atom stereocenters. The Morgan fingerprint density at radius 1 is 1.38 bits per heavy atom. The maximum atomic E-state index is 11.5. The minimum atomic E-state index is -0.480. The molecule has 16 heavy (non-hydrogen) atoms. The summed E-state index contributed by atoms with van der Waals surface area (Å²) in [5, 5.41) is 2.59. The zero-order valence-corrected chi connectivity index (χ0v) is 9.80. The van der Waals surface area contributed by atoms with E-state index in [4.69, 9.17) is 23.2 Å². The van der Waals surface area contributed by atoms with Gasteiger partial charge in [-0.05, 0) is 12.1 Å². The quantitative estimate of drug-likeness (QED) is 0.511. The largest absolute Gasteiger partial charge is 0.445 e. The zero-order chi connectivity index (χ0) is 12.1. The summed E-state index contributed by atoms with van der Waals surface area (Å²) in [5.74, 6) is -0.932. The highest BCUT2D eigenvalue weighted by atomic mass is 35.5. The minimum Gasteiger partial charge on any atom is -0.445 e. The van der Waals surface area contributed by atoms with Crippen molar-refractivity contribution in [1.29, 1.82) is 0 Å². The molecule has 86 valence electrons. The molecule has 0 aliphatic rings. The van der Waals surface area contributed by atoms with Crippen LogP contribution >= 0.6 is 23.2 Å². The van der Waals surface area contributed by atoms with E-state index in [9.17, 15) is 9.59 Å². The molecule has 0 saturated carbocycles. The SMILES string of the molecule is CC(=O)OCNC(=O)c1cc(Cl)nc(Cl)c1. The first-order chi connectivity index (χ1) is 7.49. The van der Waals surface area contributed by atoms with Gasteiger partial charge in [0.05, 0.1) is 0 Å². The van der Waals surface area contributed by atoms with E-state index < -0.39 is 11.9 Å². The molecule has 1 rings (SSSR count). The van der Waals surface area contributed by atoms with Crippen molar-refractivity contribution < 1.29 is 14.3 Å². The van der Waals surface area contributed by atoms with Gasteiger partial charge in [0.2, 0.25) is 0 Å². The van der Waals surface area contributed by atoms with Crippen LogP contribution in [0.2, 0.25) is 10.3 Å². The van der Waals surface area contributed by atoms with Gasteiger partial charge in [0.25, 0.3) is 5.91 Å². The van der Waals surface area contributed by atoms with Crippen molar-refractivity contribution in [2.75, 3.05) is 6.73 Å². The lowest BCUT2D eigenvalue weighted by Gasteiger charge is -2.05. The number of halogens is 2. The summed E-state index contributed by atoms with van der Waals surface area (Å²) in [6.45, 7) is 1.04. The normalized spacial score (nSPS) is 9.69. The van der Waals surface area contributed by atoms with E-state index in [1.165, 1.54) is 19.1 Å². The van der Waals surface area contributed by atoms with E-state index in [1.807, 2.05) is 0 Å². The predicted molar refractivity (Wildman–Crippen MR) is 58.4 cm³/mol. The monoisotopic (exact) mass is 262 g/mol. The molecule has 0 bridgehead atoms. The van der Waals surface area contributed by atoms with Gasteiger partial charge in [-0.1, -0.05) is 23.2 Å². The Morgan fingerprint density at radius 2 is 1.94 bits per heavy atom. The van der Waals surface area contributed by atoms with Gasteiger partial charge in [0.1, 0.15) is 10.3 Å². The lowest BCUT2D eigenvalue weighted by molar-refractivity contribution is -0.141. The van der Waals surface area contributed by atoms with Crippen LogP contribution in [-0.4, -0.2) is 23.6 Å². The first-order valence-corrected chi connectivity index (χ1v) is 4.99. The smallest absolute Gasteiger partial charge is 0.304 e. The fraction of sp³-hybridized carbons (Fsp3) is 0.222. The van der Waals surface area contributed by atoms with Crippen LogP contribution in [0.5, 0.6) is 0 Å². The fourth-order valence-electron chi connectivity index (χ4n) is 0.901. The van der Waals surface area contributed by atoms with Crippen LogP contribution in [0.4, 0.5) is 0 Å². The lowest BCUT2D eigenvalue weighted by Crippen LogP contribution is -2.27. The Kier molecular flexibility index (Phi) is 4.52. The summed E-state index contributed by atoms with van der Waals surface area (Å²) in [6.07, 6.45) is 0. The second-order valence-corrected chi connectivity index (χ2v) is 3.56. The number of carbonyl (C=O) groups is 2. The van der Waals surface area contributed by atoms with E-state index >= 15 is 0 Å². The summed E-state index contributed by atoms with van der Waals surface area (Å²) in [6, 6.07) is 2.72. The van der Waals surface area contributed by atoms with Gasteiger partial charge in [-0.15, -0.1) is 0 Å². The van der Waals surface area contributed by atoms with Gasteiger partial charge >= 0.3 is 5.97 Å². The number of hydrogen-bond acceptors (Lipinski definition) is 4. The Hall–Kier alpha value is -1.33. The van der Waals surface area contributed by atoms with Crippen molar-refractivity contribution in [2.45, 2.75) is 6.92 Å². The average molecular weight is 263 g/mol. The van der Waals surface area contributed by atoms with Gasteiger partial charge in [-0.3, -0.25) is 9.59 Å². The van der Waals surface area contributed by atoms with Crippen molar-refractivity contribution in [1.82, 2.24) is 10.3 Å². The maximum absolute atomic E-state index is 11.5. The Bertz CT molecular complexity index is 403. The third-order valence-corrected chi connectivity index (χ3v) is 1.92. The van der Waals surface area contributed by atoms with E-state index in [1.54, 1.807) is 0 Å². The number of amides is 1. The Balaban J connectivity index is 2.62. The number of hydrogen-bond donors (Lipinski definition) is 1. The third-order valence-electron chi connectivity index (χ3n) is 1.53. The van der Waals surface area contributed by atoms with Gasteiger partial charge in [0, 0.05) is 12.5 Å². The van der Waals surface area contributed by atoms with E-state index in [-0.39, 0.29) is 22.6 Å². The molecule has 1 amide bonds. The van der Waals surface area contributed by atoms with Crippen LogP contribution < -0.4 is 5.32 Å². The molecule has 5 nitrogen and oxygen atoms in total. The molecular formula is C9H8Cl2N2O3. The van der Waals surface area contributed by atoms with Crippen LogP contribution in [-0.2, 0) is 9.53 Å². The van der Waals surface area contributed by atoms with E-state index in [2.05, 4.69) is 15.0 Å². The first kappa shape index (κ1) is 12.7. The van der Waals surface area contributed by atoms with Crippen LogP contribution in [0.15, 0.2) is 12.1 Å². The van der Waals surface area contributed by atoms with Crippen LogP contribution in [0.1, 0.15) is 17.3 Å². The number of nitrogens with one attached hydrogen (secondary N) is 1. The molecule has 1 aromatic heterocycles. The Morgan fingerprint density at radius 3 is 2.44 bits per heavy atom. The molecule has 0 unspecified atom stereocenters. The van der Waals surface area contributed by atoms with Crippen molar-refractivity contribution >= 4 is 35.1 Å². The summed E-state index contributed by atoms with van der Waals surface area (Å²) < 4.78 is 4.54. The fourth-order valence-corrected chi connectivity index (χ4v) is 1.36. The van der Waals surface area contributed by atoms with Crippen molar-refractivity contribution in [3.63, 3.8) is 0 Å². The summed E-state index contributed by atoms with van der Waals surface area (Å²) in [4.78, 5) is 25.6.